The van der Waals surface area contributed by atoms with E-state index in [0.29, 0.717) is 12.1 Å². The maximum absolute atomic E-state index is 14.4. The van der Waals surface area contributed by atoms with Gasteiger partial charge in [-0.2, -0.15) is 0 Å². The summed E-state index contributed by atoms with van der Waals surface area (Å²) in [5.41, 5.74) is 3.15. The fraction of sp³-hybridized carbons (Fsp3) is 0.107. The van der Waals surface area contributed by atoms with E-state index in [1.165, 1.54) is 18.2 Å². The van der Waals surface area contributed by atoms with Gasteiger partial charge in [0.25, 0.3) is 11.1 Å². The zero-order chi connectivity index (χ0) is 27.0. The van der Waals surface area contributed by atoms with Gasteiger partial charge >= 0.3 is 0 Å². The Labute approximate surface area is 225 Å². The molecule has 5 rings (SSSR count). The van der Waals surface area contributed by atoms with E-state index in [1.54, 1.807) is 24.3 Å². The summed E-state index contributed by atoms with van der Waals surface area (Å²) < 4.78 is 29.7. The Balaban J connectivity index is 1.41. The molecule has 1 aromatic heterocycles. The van der Waals surface area contributed by atoms with Crippen molar-refractivity contribution < 1.29 is 23.2 Å². The summed E-state index contributed by atoms with van der Waals surface area (Å²) in [5.74, 6) is -2.17. The van der Waals surface area contributed by atoms with Crippen LogP contribution in [0.5, 0.6) is 0 Å². The summed E-state index contributed by atoms with van der Waals surface area (Å²) in [7, 11) is 0. The number of carbonyl (C=O) groups excluding carboxylic acids is 3. The van der Waals surface area contributed by atoms with Crippen LogP contribution in [0.15, 0.2) is 71.6 Å². The van der Waals surface area contributed by atoms with Crippen molar-refractivity contribution in [3.05, 3.63) is 105 Å². The fourth-order valence-corrected chi connectivity index (χ4v) is 5.33. The molecule has 2 heterocycles. The first-order chi connectivity index (χ1) is 18.2. The highest BCUT2D eigenvalue weighted by Crippen LogP contribution is 2.36. The van der Waals surface area contributed by atoms with Gasteiger partial charge in [-0.05, 0) is 55.1 Å². The monoisotopic (exact) mass is 551 g/mol. The topological polar surface area (TPSA) is 71.4 Å². The molecule has 1 N–H and O–H groups in total. The van der Waals surface area contributed by atoms with Gasteiger partial charge in [0.05, 0.1) is 16.5 Å². The molecule has 0 atom stereocenters. The number of anilines is 1. The molecule has 38 heavy (non-hydrogen) atoms. The first kappa shape index (κ1) is 25.7. The molecule has 10 heteroatoms. The average molecular weight is 552 g/mol. The molecule has 0 spiro atoms. The van der Waals surface area contributed by atoms with Crippen molar-refractivity contribution in [2.24, 2.45) is 0 Å². The molecule has 1 saturated heterocycles. The van der Waals surface area contributed by atoms with Gasteiger partial charge < -0.3 is 9.88 Å². The molecule has 0 bridgehead atoms. The van der Waals surface area contributed by atoms with E-state index >= 15 is 0 Å². The second kappa shape index (κ2) is 10.4. The molecule has 0 saturated carbocycles. The number of nitrogens with one attached hydrogen (secondary N) is 1. The summed E-state index contributed by atoms with van der Waals surface area (Å²) in [6.45, 7) is 1.66. The van der Waals surface area contributed by atoms with Crippen LogP contribution in [0.2, 0.25) is 5.02 Å². The van der Waals surface area contributed by atoms with Gasteiger partial charge in [0.1, 0.15) is 18.2 Å². The van der Waals surface area contributed by atoms with Crippen molar-refractivity contribution in [1.82, 2.24) is 9.47 Å². The van der Waals surface area contributed by atoms with Gasteiger partial charge in [0.15, 0.2) is 0 Å². The highest BCUT2D eigenvalue weighted by atomic mass is 35.5. The van der Waals surface area contributed by atoms with E-state index in [0.717, 1.165) is 44.9 Å². The minimum absolute atomic E-state index is 0.165. The van der Waals surface area contributed by atoms with Gasteiger partial charge in [0.2, 0.25) is 5.91 Å². The van der Waals surface area contributed by atoms with Gasteiger partial charge in [0, 0.05) is 33.4 Å². The fourth-order valence-electron chi connectivity index (χ4n) is 4.33. The summed E-state index contributed by atoms with van der Waals surface area (Å²) in [4.78, 5) is 39.3. The molecular formula is C28H20ClF2N3O3S. The second-order valence-corrected chi connectivity index (χ2v) is 10.0. The third-order valence-corrected chi connectivity index (χ3v) is 7.42. The zero-order valence-electron chi connectivity index (χ0n) is 20.0. The number of nitrogens with zero attached hydrogens (tertiary/aromatic N) is 2. The molecule has 1 aliphatic rings. The van der Waals surface area contributed by atoms with E-state index in [4.69, 9.17) is 11.6 Å². The second-order valence-electron chi connectivity index (χ2n) is 8.64. The first-order valence-electron chi connectivity index (χ1n) is 11.5. The van der Waals surface area contributed by atoms with Crippen LogP contribution < -0.4 is 5.32 Å². The Morgan fingerprint density at radius 3 is 2.53 bits per heavy atom. The van der Waals surface area contributed by atoms with Crippen LogP contribution >= 0.6 is 23.4 Å². The average Bonchev–Trinajstić information content (AvgIpc) is 3.30. The van der Waals surface area contributed by atoms with Crippen LogP contribution in [0, 0.1) is 18.6 Å². The minimum Gasteiger partial charge on any atom is -0.340 e. The number of para-hydroxylation sites is 1. The van der Waals surface area contributed by atoms with E-state index in [-0.39, 0.29) is 21.4 Å². The molecule has 0 radical (unpaired) electrons. The SMILES string of the molecule is Cc1c(/C=C2\SC(=O)N(CC(=O)Nc3ccc(F)c(Cl)c3)C2=O)c2ccccc2n1Cc1ccccc1F. The Morgan fingerprint density at radius 1 is 1.03 bits per heavy atom. The highest BCUT2D eigenvalue weighted by Gasteiger charge is 2.36. The zero-order valence-corrected chi connectivity index (χ0v) is 21.6. The van der Waals surface area contributed by atoms with Gasteiger partial charge in [-0.1, -0.05) is 48.0 Å². The van der Waals surface area contributed by atoms with Crippen LogP contribution in [0.3, 0.4) is 0 Å². The van der Waals surface area contributed by atoms with Crippen LogP contribution in [0.4, 0.5) is 19.3 Å². The number of thioether (sulfide) groups is 1. The van der Waals surface area contributed by atoms with Crippen LogP contribution in [-0.2, 0) is 16.1 Å². The number of hydrogen-bond donors (Lipinski definition) is 1. The van der Waals surface area contributed by atoms with Crippen molar-refractivity contribution in [2.45, 2.75) is 13.5 Å². The molecule has 6 nitrogen and oxygen atoms in total. The molecule has 3 amide bonds. The lowest BCUT2D eigenvalue weighted by atomic mass is 10.1. The van der Waals surface area contributed by atoms with E-state index < -0.39 is 29.4 Å². The predicted molar refractivity (Wildman–Crippen MR) is 145 cm³/mol. The summed E-state index contributed by atoms with van der Waals surface area (Å²) in [6.07, 6.45) is 1.64. The number of rotatable bonds is 6. The number of benzene rings is 3. The lowest BCUT2D eigenvalue weighted by Crippen LogP contribution is -2.36. The third kappa shape index (κ3) is 4.94. The molecular weight excluding hydrogens is 532 g/mol. The van der Waals surface area contributed by atoms with Crippen LogP contribution in [0.25, 0.3) is 17.0 Å². The molecule has 3 aromatic carbocycles. The number of amides is 3. The molecule has 1 aliphatic heterocycles. The lowest BCUT2D eigenvalue weighted by Gasteiger charge is -2.12. The summed E-state index contributed by atoms with van der Waals surface area (Å²) in [5, 5.41) is 2.61. The van der Waals surface area contributed by atoms with Crippen LogP contribution in [-0.4, -0.2) is 33.1 Å². The third-order valence-electron chi connectivity index (χ3n) is 6.22. The summed E-state index contributed by atoms with van der Waals surface area (Å²) >= 11 is 6.48. The normalized spacial score (nSPS) is 14.6. The number of hydrogen-bond acceptors (Lipinski definition) is 4. The minimum atomic E-state index is -0.633. The number of fused-ring (bicyclic) bond motifs is 1. The molecule has 192 valence electrons. The number of carbonyl (C=O) groups is 3. The Morgan fingerprint density at radius 2 is 1.76 bits per heavy atom. The van der Waals surface area contributed by atoms with Crippen molar-refractivity contribution >= 4 is 63.1 Å². The molecule has 0 unspecified atom stereocenters. The Hall–Kier alpha value is -3.95. The van der Waals surface area contributed by atoms with Gasteiger partial charge in [-0.3, -0.25) is 19.3 Å². The van der Waals surface area contributed by atoms with Gasteiger partial charge in [-0.15, -0.1) is 0 Å². The van der Waals surface area contributed by atoms with Crippen molar-refractivity contribution in [3.8, 4) is 0 Å². The van der Waals surface area contributed by atoms with Crippen molar-refractivity contribution in [1.29, 1.82) is 0 Å². The Kier molecular flexibility index (Phi) is 7.05. The maximum Gasteiger partial charge on any atom is 0.294 e. The summed E-state index contributed by atoms with van der Waals surface area (Å²) in [6, 6.07) is 17.8. The molecule has 1 fully saturated rings. The Bertz CT molecular complexity index is 1650. The van der Waals surface area contributed by atoms with Gasteiger partial charge in [-0.25, -0.2) is 8.78 Å². The maximum atomic E-state index is 14.4. The largest absolute Gasteiger partial charge is 0.340 e. The van der Waals surface area contributed by atoms with E-state index in [1.807, 2.05) is 35.8 Å². The quantitative estimate of drug-likeness (QED) is 0.274. The highest BCUT2D eigenvalue weighted by molar-refractivity contribution is 8.18. The standard InChI is InChI=1S/C28H20ClF2N3O3S/c1-16-20(19-7-3-5-9-24(19)33(16)14-17-6-2-4-8-22(17)30)13-25-27(36)34(28(37)38-25)15-26(35)32-18-10-11-23(31)21(29)12-18/h2-13H,14-15H2,1H3,(H,32,35)/b25-13-. The van der Waals surface area contributed by atoms with Crippen molar-refractivity contribution in [2.75, 3.05) is 11.9 Å². The number of aromatic nitrogens is 1. The first-order valence-corrected chi connectivity index (χ1v) is 12.7. The molecule has 4 aromatic rings. The smallest absolute Gasteiger partial charge is 0.294 e. The lowest BCUT2D eigenvalue weighted by molar-refractivity contribution is -0.127. The van der Waals surface area contributed by atoms with Crippen molar-refractivity contribution in [3.63, 3.8) is 0 Å². The number of imide groups is 1. The van der Waals surface area contributed by atoms with Crippen LogP contribution in [0.1, 0.15) is 16.8 Å². The van der Waals surface area contributed by atoms with E-state index in [2.05, 4.69) is 5.32 Å². The van der Waals surface area contributed by atoms with E-state index in [9.17, 15) is 23.2 Å². The number of halogens is 3. The molecule has 0 aliphatic carbocycles. The predicted octanol–water partition coefficient (Wildman–Crippen LogP) is 6.60.